The third kappa shape index (κ3) is 2.42. The molecule has 96 valence electrons. The van der Waals surface area contributed by atoms with E-state index in [4.69, 9.17) is 4.42 Å². The van der Waals surface area contributed by atoms with Crippen LogP contribution in [0.5, 0.6) is 0 Å². The second kappa shape index (κ2) is 5.10. The molecule has 19 heavy (non-hydrogen) atoms. The van der Waals surface area contributed by atoms with E-state index in [0.717, 1.165) is 28.8 Å². The minimum absolute atomic E-state index is 0.577. The van der Waals surface area contributed by atoms with E-state index in [-0.39, 0.29) is 0 Å². The van der Waals surface area contributed by atoms with E-state index in [2.05, 4.69) is 21.4 Å². The van der Waals surface area contributed by atoms with Gasteiger partial charge in [-0.3, -0.25) is 4.98 Å². The largest absolute Gasteiger partial charge is 0.444 e. The van der Waals surface area contributed by atoms with E-state index in [1.165, 1.54) is 0 Å². The lowest BCUT2D eigenvalue weighted by Crippen LogP contribution is -2.00. The van der Waals surface area contributed by atoms with Crippen molar-refractivity contribution in [3.05, 3.63) is 54.4 Å². The first-order valence-electron chi connectivity index (χ1n) is 6.38. The summed E-state index contributed by atoms with van der Waals surface area (Å²) in [7, 11) is 0. The maximum Gasteiger partial charge on any atom is 0.213 e. The van der Waals surface area contributed by atoms with E-state index < -0.39 is 0 Å². The number of hydrogen-bond acceptors (Lipinski definition) is 4. The molecule has 0 aliphatic carbocycles. The first kappa shape index (κ1) is 11.7. The van der Waals surface area contributed by atoms with Crippen LogP contribution in [0.3, 0.4) is 0 Å². The van der Waals surface area contributed by atoms with Gasteiger partial charge in [0, 0.05) is 23.7 Å². The van der Waals surface area contributed by atoms with Crippen LogP contribution in [0.25, 0.3) is 10.9 Å². The fourth-order valence-electron chi connectivity index (χ4n) is 2.01. The Bertz CT molecular complexity index is 685. The van der Waals surface area contributed by atoms with Gasteiger partial charge in [-0.2, -0.15) is 0 Å². The van der Waals surface area contributed by atoms with Crippen molar-refractivity contribution in [2.45, 2.75) is 19.9 Å². The lowest BCUT2D eigenvalue weighted by Gasteiger charge is -2.07. The van der Waals surface area contributed by atoms with Crippen LogP contribution in [0.2, 0.25) is 0 Å². The van der Waals surface area contributed by atoms with Gasteiger partial charge >= 0.3 is 0 Å². The van der Waals surface area contributed by atoms with Crippen molar-refractivity contribution in [2.75, 3.05) is 5.32 Å². The first-order valence-corrected chi connectivity index (χ1v) is 6.38. The zero-order chi connectivity index (χ0) is 13.1. The van der Waals surface area contributed by atoms with Crippen LogP contribution in [0, 0.1) is 0 Å². The predicted octanol–water partition coefficient (Wildman–Crippen LogP) is 3.40. The molecular formula is C15H15N3O. The van der Waals surface area contributed by atoms with E-state index in [1.807, 2.05) is 31.2 Å². The zero-order valence-corrected chi connectivity index (χ0v) is 10.8. The molecule has 1 N–H and O–H groups in total. The highest BCUT2D eigenvalue weighted by atomic mass is 16.4. The van der Waals surface area contributed by atoms with Crippen molar-refractivity contribution >= 4 is 16.6 Å². The van der Waals surface area contributed by atoms with Gasteiger partial charge in [0.05, 0.1) is 18.3 Å². The van der Waals surface area contributed by atoms with Crippen LogP contribution < -0.4 is 5.32 Å². The molecule has 0 aliphatic heterocycles. The Morgan fingerprint density at radius 1 is 1.16 bits per heavy atom. The van der Waals surface area contributed by atoms with Crippen molar-refractivity contribution in [1.29, 1.82) is 0 Å². The first-order chi connectivity index (χ1) is 9.36. The zero-order valence-electron chi connectivity index (χ0n) is 10.8. The van der Waals surface area contributed by atoms with Gasteiger partial charge < -0.3 is 9.73 Å². The third-order valence-electron chi connectivity index (χ3n) is 3.03. The molecule has 3 rings (SSSR count). The predicted molar refractivity (Wildman–Crippen MR) is 75.0 cm³/mol. The summed E-state index contributed by atoms with van der Waals surface area (Å²) in [5.41, 5.74) is 2.02. The maximum atomic E-state index is 5.58. The minimum atomic E-state index is 0.577. The van der Waals surface area contributed by atoms with Gasteiger partial charge in [0.15, 0.2) is 0 Å². The van der Waals surface area contributed by atoms with Crippen molar-refractivity contribution in [3.8, 4) is 0 Å². The van der Waals surface area contributed by atoms with Crippen molar-refractivity contribution in [3.63, 3.8) is 0 Å². The average Bonchev–Trinajstić information content (AvgIpc) is 2.93. The molecule has 1 aromatic carbocycles. The van der Waals surface area contributed by atoms with Crippen LogP contribution in [-0.2, 0) is 13.0 Å². The Morgan fingerprint density at radius 3 is 2.89 bits per heavy atom. The SMILES string of the molecule is CCc1cnc(CNc2ccnc3ccccc23)o1. The summed E-state index contributed by atoms with van der Waals surface area (Å²) >= 11 is 0. The number of fused-ring (bicyclic) bond motifs is 1. The molecule has 0 atom stereocenters. The third-order valence-corrected chi connectivity index (χ3v) is 3.03. The summed E-state index contributed by atoms with van der Waals surface area (Å²) in [6.07, 6.45) is 4.45. The molecule has 2 heterocycles. The van der Waals surface area contributed by atoms with Gasteiger partial charge in [-0.25, -0.2) is 4.98 Å². The number of oxazole rings is 1. The summed E-state index contributed by atoms with van der Waals surface area (Å²) in [6, 6.07) is 10.0. The number of anilines is 1. The van der Waals surface area contributed by atoms with E-state index in [9.17, 15) is 0 Å². The molecule has 0 aliphatic rings. The molecular weight excluding hydrogens is 238 g/mol. The van der Waals surface area contributed by atoms with Gasteiger partial charge in [-0.15, -0.1) is 0 Å². The van der Waals surface area contributed by atoms with Crippen LogP contribution in [0.1, 0.15) is 18.6 Å². The van der Waals surface area contributed by atoms with E-state index in [1.54, 1.807) is 12.4 Å². The lowest BCUT2D eigenvalue weighted by atomic mass is 10.2. The van der Waals surface area contributed by atoms with Gasteiger partial charge in [-0.1, -0.05) is 25.1 Å². The molecule has 4 heteroatoms. The summed E-state index contributed by atoms with van der Waals surface area (Å²) in [5.74, 6) is 1.62. The molecule has 0 saturated heterocycles. The smallest absolute Gasteiger partial charge is 0.213 e. The fraction of sp³-hybridized carbons (Fsp3) is 0.200. The molecule has 2 aromatic heterocycles. The van der Waals surface area contributed by atoms with Gasteiger partial charge in [0.25, 0.3) is 0 Å². The summed E-state index contributed by atoms with van der Waals surface area (Å²) in [6.45, 7) is 2.63. The Labute approximate surface area is 111 Å². The molecule has 0 radical (unpaired) electrons. The van der Waals surface area contributed by atoms with Crippen LogP contribution in [0.15, 0.2) is 47.1 Å². The van der Waals surface area contributed by atoms with Gasteiger partial charge in [0.1, 0.15) is 5.76 Å². The number of aromatic nitrogens is 2. The fourth-order valence-corrected chi connectivity index (χ4v) is 2.01. The Hall–Kier alpha value is -2.36. The second-order valence-electron chi connectivity index (χ2n) is 4.30. The molecule has 0 bridgehead atoms. The number of rotatable bonds is 4. The van der Waals surface area contributed by atoms with Gasteiger partial charge in [0.2, 0.25) is 5.89 Å². The molecule has 0 saturated carbocycles. The van der Waals surface area contributed by atoms with Crippen molar-refractivity contribution in [2.24, 2.45) is 0 Å². The van der Waals surface area contributed by atoms with Crippen LogP contribution >= 0.6 is 0 Å². The van der Waals surface area contributed by atoms with Crippen LogP contribution in [0.4, 0.5) is 5.69 Å². The average molecular weight is 253 g/mol. The van der Waals surface area contributed by atoms with E-state index in [0.29, 0.717) is 12.4 Å². The van der Waals surface area contributed by atoms with Crippen LogP contribution in [-0.4, -0.2) is 9.97 Å². The number of pyridine rings is 1. The number of aryl methyl sites for hydroxylation is 1. The monoisotopic (exact) mass is 253 g/mol. The minimum Gasteiger partial charge on any atom is -0.444 e. The Kier molecular flexibility index (Phi) is 3.14. The lowest BCUT2D eigenvalue weighted by molar-refractivity contribution is 0.466. The molecule has 0 amide bonds. The Morgan fingerprint density at radius 2 is 2.05 bits per heavy atom. The summed E-state index contributed by atoms with van der Waals surface area (Å²) in [5, 5.41) is 4.45. The number of nitrogens with one attached hydrogen (secondary N) is 1. The number of nitrogens with zero attached hydrogens (tertiary/aromatic N) is 2. The molecule has 4 nitrogen and oxygen atoms in total. The van der Waals surface area contributed by atoms with Crippen molar-refractivity contribution < 1.29 is 4.42 Å². The van der Waals surface area contributed by atoms with Gasteiger partial charge in [-0.05, 0) is 12.1 Å². The number of para-hydroxylation sites is 1. The van der Waals surface area contributed by atoms with E-state index >= 15 is 0 Å². The maximum absolute atomic E-state index is 5.58. The summed E-state index contributed by atoms with van der Waals surface area (Å²) < 4.78 is 5.58. The topological polar surface area (TPSA) is 51.0 Å². The standard InChI is InChI=1S/C15H15N3O/c1-2-11-9-18-15(19-11)10-17-14-7-8-16-13-6-4-3-5-12(13)14/h3-9H,2,10H2,1H3,(H,16,17). The molecule has 3 aromatic rings. The normalized spacial score (nSPS) is 10.8. The Balaban J connectivity index is 1.81. The highest BCUT2D eigenvalue weighted by Crippen LogP contribution is 2.21. The van der Waals surface area contributed by atoms with Crippen molar-refractivity contribution in [1.82, 2.24) is 9.97 Å². The number of benzene rings is 1. The molecule has 0 unspecified atom stereocenters. The quantitative estimate of drug-likeness (QED) is 0.774. The molecule has 0 spiro atoms. The summed E-state index contributed by atoms with van der Waals surface area (Å²) in [4.78, 5) is 8.57. The highest BCUT2D eigenvalue weighted by Gasteiger charge is 2.04. The second-order valence-corrected chi connectivity index (χ2v) is 4.30. The number of hydrogen-bond donors (Lipinski definition) is 1. The molecule has 0 fully saturated rings. The highest BCUT2D eigenvalue weighted by molar-refractivity contribution is 5.90.